The minimum Gasteiger partial charge on any atom is -0.380 e. The summed E-state index contributed by atoms with van der Waals surface area (Å²) in [5.74, 6) is 1.01. The Morgan fingerprint density at radius 3 is 2.73 bits per heavy atom. The Morgan fingerprint density at radius 1 is 1.36 bits per heavy atom. The van der Waals surface area contributed by atoms with Gasteiger partial charge in [0.25, 0.3) is 0 Å². The molecule has 1 aromatic heterocycles. The van der Waals surface area contributed by atoms with Gasteiger partial charge in [0, 0.05) is 26.7 Å². The van der Waals surface area contributed by atoms with Gasteiger partial charge in [0.1, 0.15) is 5.82 Å². The molecule has 0 radical (unpaired) electrons. The molecule has 6 heteroatoms. The number of anilines is 2. The Labute approximate surface area is 131 Å². The highest BCUT2D eigenvalue weighted by atomic mass is 16.5. The van der Waals surface area contributed by atoms with Crippen molar-refractivity contribution in [1.82, 2.24) is 9.88 Å². The summed E-state index contributed by atoms with van der Waals surface area (Å²) in [5, 5.41) is 2.96. The molecule has 0 spiro atoms. The van der Waals surface area contributed by atoms with Crippen LogP contribution < -0.4 is 10.2 Å². The minimum atomic E-state index is -0.136. The maximum absolute atomic E-state index is 12.4. The monoisotopic (exact) mass is 304 g/mol. The largest absolute Gasteiger partial charge is 0.380 e. The lowest BCUT2D eigenvalue weighted by molar-refractivity contribution is -0.120. The van der Waals surface area contributed by atoms with Crippen LogP contribution in [0.1, 0.15) is 19.3 Å². The second-order valence-electron chi connectivity index (χ2n) is 6.14. The molecule has 2 atom stereocenters. The molecule has 2 aliphatic rings. The van der Waals surface area contributed by atoms with Gasteiger partial charge in [0.05, 0.1) is 24.0 Å². The summed E-state index contributed by atoms with van der Waals surface area (Å²) in [6.07, 6.45) is 5.08. The SMILES string of the molecule is CO[C@H]1C[C@@H](C(=O)Nc2ccc(N3CCCC3)nc2)N(C)C1. The number of ether oxygens (including phenoxy) is 1. The number of carbonyl (C=O) groups excluding carboxylic acids is 1. The highest BCUT2D eigenvalue weighted by molar-refractivity contribution is 5.95. The number of aromatic nitrogens is 1. The first-order valence-electron chi connectivity index (χ1n) is 7.92. The molecule has 2 saturated heterocycles. The number of amides is 1. The fourth-order valence-electron chi connectivity index (χ4n) is 3.25. The van der Waals surface area contributed by atoms with Crippen molar-refractivity contribution in [3.8, 4) is 0 Å². The average molecular weight is 304 g/mol. The van der Waals surface area contributed by atoms with Crippen molar-refractivity contribution >= 4 is 17.4 Å². The molecule has 3 rings (SSSR count). The number of nitrogens with one attached hydrogen (secondary N) is 1. The lowest BCUT2D eigenvalue weighted by Crippen LogP contribution is -2.37. The zero-order valence-corrected chi connectivity index (χ0v) is 13.3. The number of hydrogen-bond acceptors (Lipinski definition) is 5. The number of methoxy groups -OCH3 is 1. The van der Waals surface area contributed by atoms with Crippen molar-refractivity contribution in [2.45, 2.75) is 31.4 Å². The van der Waals surface area contributed by atoms with Crippen LogP contribution in [0.15, 0.2) is 18.3 Å². The fraction of sp³-hybridized carbons (Fsp3) is 0.625. The van der Waals surface area contributed by atoms with E-state index in [1.54, 1.807) is 13.3 Å². The zero-order chi connectivity index (χ0) is 15.5. The molecule has 22 heavy (non-hydrogen) atoms. The van der Waals surface area contributed by atoms with Crippen LogP contribution in [0, 0.1) is 0 Å². The number of pyridine rings is 1. The van der Waals surface area contributed by atoms with E-state index in [1.165, 1.54) is 12.8 Å². The van der Waals surface area contributed by atoms with Gasteiger partial charge in [-0.25, -0.2) is 4.98 Å². The van der Waals surface area contributed by atoms with Crippen LogP contribution in [0.3, 0.4) is 0 Å². The Morgan fingerprint density at radius 2 is 2.14 bits per heavy atom. The van der Waals surface area contributed by atoms with Gasteiger partial charge in [0.15, 0.2) is 0 Å². The van der Waals surface area contributed by atoms with E-state index in [0.29, 0.717) is 0 Å². The van der Waals surface area contributed by atoms with E-state index in [2.05, 4.69) is 15.2 Å². The fourth-order valence-corrected chi connectivity index (χ4v) is 3.25. The summed E-state index contributed by atoms with van der Waals surface area (Å²) in [4.78, 5) is 21.2. The van der Waals surface area contributed by atoms with Gasteiger partial charge in [0.2, 0.25) is 5.91 Å². The summed E-state index contributed by atoms with van der Waals surface area (Å²) in [5.41, 5.74) is 0.752. The first kappa shape index (κ1) is 15.2. The van der Waals surface area contributed by atoms with Crippen LogP contribution in [0.25, 0.3) is 0 Å². The van der Waals surface area contributed by atoms with Crippen molar-refractivity contribution in [2.75, 3.05) is 44.0 Å². The van der Waals surface area contributed by atoms with Gasteiger partial charge >= 0.3 is 0 Å². The van der Waals surface area contributed by atoms with Crippen molar-refractivity contribution < 1.29 is 9.53 Å². The van der Waals surface area contributed by atoms with Crippen LogP contribution in [-0.2, 0) is 9.53 Å². The van der Waals surface area contributed by atoms with E-state index < -0.39 is 0 Å². The van der Waals surface area contributed by atoms with Crippen molar-refractivity contribution in [1.29, 1.82) is 0 Å². The second-order valence-corrected chi connectivity index (χ2v) is 6.14. The number of carbonyl (C=O) groups is 1. The molecule has 0 bridgehead atoms. The summed E-state index contributed by atoms with van der Waals surface area (Å²) < 4.78 is 5.35. The van der Waals surface area contributed by atoms with Crippen molar-refractivity contribution in [2.24, 2.45) is 0 Å². The van der Waals surface area contributed by atoms with Crippen molar-refractivity contribution in [3.63, 3.8) is 0 Å². The van der Waals surface area contributed by atoms with Crippen LogP contribution in [0.2, 0.25) is 0 Å². The molecule has 2 aliphatic heterocycles. The van der Waals surface area contributed by atoms with Crippen molar-refractivity contribution in [3.05, 3.63) is 18.3 Å². The summed E-state index contributed by atoms with van der Waals surface area (Å²) in [6, 6.07) is 3.78. The molecule has 1 amide bonds. The van der Waals surface area contributed by atoms with Gasteiger partial charge in [-0.1, -0.05) is 0 Å². The van der Waals surface area contributed by atoms with Crippen LogP contribution in [-0.4, -0.2) is 61.7 Å². The standard InChI is InChI=1S/C16H24N4O2/c1-19-11-13(22-2)9-14(19)16(21)18-12-5-6-15(17-10-12)20-7-3-4-8-20/h5-6,10,13-14H,3-4,7-9,11H2,1-2H3,(H,18,21)/t13-,14-/m0/s1. The third-order valence-electron chi connectivity index (χ3n) is 4.59. The van der Waals surface area contributed by atoms with Crippen LogP contribution >= 0.6 is 0 Å². The predicted octanol–water partition coefficient (Wildman–Crippen LogP) is 1.34. The van der Waals surface area contributed by atoms with E-state index >= 15 is 0 Å². The molecule has 1 aromatic rings. The molecule has 1 N–H and O–H groups in total. The smallest absolute Gasteiger partial charge is 0.241 e. The molecule has 6 nitrogen and oxygen atoms in total. The molecule has 120 valence electrons. The van der Waals surface area contributed by atoms with Gasteiger partial charge in [-0.05, 0) is 38.4 Å². The van der Waals surface area contributed by atoms with E-state index in [0.717, 1.165) is 37.6 Å². The normalized spacial score (nSPS) is 25.6. The lowest BCUT2D eigenvalue weighted by atomic mass is 10.2. The molecule has 0 aliphatic carbocycles. The molecular formula is C16H24N4O2. The number of likely N-dealkylation sites (N-methyl/N-ethyl adjacent to an activating group) is 1. The Kier molecular flexibility index (Phi) is 4.59. The summed E-state index contributed by atoms with van der Waals surface area (Å²) >= 11 is 0. The maximum atomic E-state index is 12.4. The molecule has 0 aromatic carbocycles. The Hall–Kier alpha value is -1.66. The van der Waals surface area contributed by atoms with Gasteiger partial charge < -0.3 is 15.0 Å². The van der Waals surface area contributed by atoms with Gasteiger partial charge in [-0.3, -0.25) is 9.69 Å². The average Bonchev–Trinajstić information content (AvgIpc) is 3.17. The topological polar surface area (TPSA) is 57.7 Å². The quantitative estimate of drug-likeness (QED) is 0.910. The zero-order valence-electron chi connectivity index (χ0n) is 13.3. The summed E-state index contributed by atoms with van der Waals surface area (Å²) in [6.45, 7) is 2.94. The first-order valence-corrected chi connectivity index (χ1v) is 7.92. The third-order valence-corrected chi connectivity index (χ3v) is 4.59. The van der Waals surface area contributed by atoms with E-state index in [-0.39, 0.29) is 18.1 Å². The van der Waals surface area contributed by atoms with Crippen LogP contribution in [0.4, 0.5) is 11.5 Å². The predicted molar refractivity (Wildman–Crippen MR) is 86.1 cm³/mol. The van der Waals surface area contributed by atoms with Crippen LogP contribution in [0.5, 0.6) is 0 Å². The molecular weight excluding hydrogens is 280 g/mol. The lowest BCUT2D eigenvalue weighted by Gasteiger charge is -2.19. The Balaban J connectivity index is 1.59. The van der Waals surface area contributed by atoms with E-state index in [1.807, 2.05) is 24.1 Å². The molecule has 3 heterocycles. The maximum Gasteiger partial charge on any atom is 0.241 e. The van der Waals surface area contributed by atoms with E-state index in [9.17, 15) is 4.79 Å². The number of likely N-dealkylation sites (tertiary alicyclic amines) is 1. The molecule has 0 saturated carbocycles. The highest BCUT2D eigenvalue weighted by Gasteiger charge is 2.34. The molecule has 2 fully saturated rings. The molecule has 0 unspecified atom stereocenters. The summed E-state index contributed by atoms with van der Waals surface area (Å²) in [7, 11) is 3.65. The first-order chi connectivity index (χ1) is 10.7. The van der Waals surface area contributed by atoms with E-state index in [4.69, 9.17) is 4.74 Å². The highest BCUT2D eigenvalue weighted by Crippen LogP contribution is 2.21. The van der Waals surface area contributed by atoms with Gasteiger partial charge in [-0.15, -0.1) is 0 Å². The Bertz CT molecular complexity index is 513. The second kappa shape index (κ2) is 6.62. The van der Waals surface area contributed by atoms with Gasteiger partial charge in [-0.2, -0.15) is 0 Å². The number of nitrogens with zero attached hydrogens (tertiary/aromatic N) is 3. The minimum absolute atomic E-state index is 0.0118. The third kappa shape index (κ3) is 3.23. The number of rotatable bonds is 4. The number of hydrogen-bond donors (Lipinski definition) is 1.